The molecule has 1 aromatic heterocycles. The van der Waals surface area contributed by atoms with Crippen LogP contribution in [-0.4, -0.2) is 34.8 Å². The van der Waals surface area contributed by atoms with Gasteiger partial charge in [0.25, 0.3) is 5.91 Å². The van der Waals surface area contributed by atoms with Crippen molar-refractivity contribution >= 4 is 23.2 Å². The van der Waals surface area contributed by atoms with Crippen molar-refractivity contribution in [3.8, 4) is 10.6 Å². The second kappa shape index (κ2) is 5.49. The SMILES string of the molecule is Cc1nc(-c2ccc(F)cc2)sc1C(=O)N1CC(C(N)=O)C1. The fourth-order valence-electron chi connectivity index (χ4n) is 2.28. The van der Waals surface area contributed by atoms with Gasteiger partial charge in [-0.05, 0) is 31.2 Å². The van der Waals surface area contributed by atoms with Crippen LogP contribution >= 0.6 is 11.3 Å². The van der Waals surface area contributed by atoms with E-state index in [-0.39, 0.29) is 23.5 Å². The molecule has 1 aliphatic rings. The van der Waals surface area contributed by atoms with E-state index in [2.05, 4.69) is 4.98 Å². The quantitative estimate of drug-likeness (QED) is 0.937. The highest BCUT2D eigenvalue weighted by Gasteiger charge is 2.36. The average Bonchev–Trinajstić information content (AvgIpc) is 2.79. The molecular formula is C15H14FN3O2S. The summed E-state index contributed by atoms with van der Waals surface area (Å²) in [7, 11) is 0. The number of likely N-dealkylation sites (tertiary alicyclic amines) is 1. The maximum absolute atomic E-state index is 13.0. The summed E-state index contributed by atoms with van der Waals surface area (Å²) in [6.07, 6.45) is 0. The molecule has 0 saturated carbocycles. The number of primary amides is 1. The Morgan fingerprint density at radius 3 is 2.55 bits per heavy atom. The number of amides is 2. The van der Waals surface area contributed by atoms with Gasteiger partial charge >= 0.3 is 0 Å². The Labute approximate surface area is 130 Å². The zero-order chi connectivity index (χ0) is 15.9. The number of nitrogens with zero attached hydrogens (tertiary/aromatic N) is 2. The third-order valence-corrected chi connectivity index (χ3v) is 4.85. The van der Waals surface area contributed by atoms with Crippen LogP contribution in [0.15, 0.2) is 24.3 Å². The highest BCUT2D eigenvalue weighted by molar-refractivity contribution is 7.17. The average molecular weight is 319 g/mol. The van der Waals surface area contributed by atoms with Crippen molar-refractivity contribution in [1.82, 2.24) is 9.88 Å². The van der Waals surface area contributed by atoms with E-state index in [4.69, 9.17) is 5.73 Å². The minimum absolute atomic E-state index is 0.138. The molecule has 22 heavy (non-hydrogen) atoms. The van der Waals surface area contributed by atoms with Crippen molar-refractivity contribution < 1.29 is 14.0 Å². The summed E-state index contributed by atoms with van der Waals surface area (Å²) >= 11 is 1.27. The van der Waals surface area contributed by atoms with Crippen LogP contribution < -0.4 is 5.73 Å². The minimum atomic E-state index is -0.378. The van der Waals surface area contributed by atoms with Crippen LogP contribution in [0.1, 0.15) is 15.4 Å². The maximum atomic E-state index is 13.0. The minimum Gasteiger partial charge on any atom is -0.369 e. The Morgan fingerprint density at radius 2 is 1.95 bits per heavy atom. The second-order valence-electron chi connectivity index (χ2n) is 5.25. The lowest BCUT2D eigenvalue weighted by Crippen LogP contribution is -2.54. The monoisotopic (exact) mass is 319 g/mol. The van der Waals surface area contributed by atoms with Gasteiger partial charge in [-0.25, -0.2) is 9.37 Å². The third kappa shape index (κ3) is 2.59. The number of benzene rings is 1. The van der Waals surface area contributed by atoms with E-state index in [0.717, 1.165) is 5.56 Å². The summed E-state index contributed by atoms with van der Waals surface area (Å²) < 4.78 is 13.0. The number of aryl methyl sites for hydroxylation is 1. The number of hydrogen-bond donors (Lipinski definition) is 1. The zero-order valence-corrected chi connectivity index (χ0v) is 12.7. The van der Waals surface area contributed by atoms with E-state index >= 15 is 0 Å². The summed E-state index contributed by atoms with van der Waals surface area (Å²) in [5, 5.41) is 0.674. The highest BCUT2D eigenvalue weighted by Crippen LogP contribution is 2.30. The van der Waals surface area contributed by atoms with Crippen LogP contribution in [0.4, 0.5) is 4.39 Å². The summed E-state index contributed by atoms with van der Waals surface area (Å²) in [5.74, 6) is -1.09. The summed E-state index contributed by atoms with van der Waals surface area (Å²) in [6, 6.07) is 5.99. The van der Waals surface area contributed by atoms with Crippen molar-refractivity contribution in [3.05, 3.63) is 40.7 Å². The number of hydrogen-bond acceptors (Lipinski definition) is 4. The molecule has 2 N–H and O–H groups in total. The van der Waals surface area contributed by atoms with Gasteiger partial charge in [-0.15, -0.1) is 11.3 Å². The lowest BCUT2D eigenvalue weighted by Gasteiger charge is -2.37. The molecule has 0 radical (unpaired) electrons. The molecule has 1 fully saturated rings. The van der Waals surface area contributed by atoms with Crippen LogP contribution in [0.3, 0.4) is 0 Å². The van der Waals surface area contributed by atoms with Crippen LogP contribution in [0.25, 0.3) is 10.6 Å². The Hall–Kier alpha value is -2.28. The van der Waals surface area contributed by atoms with Crippen molar-refractivity contribution in [2.75, 3.05) is 13.1 Å². The normalized spacial score (nSPS) is 14.7. The van der Waals surface area contributed by atoms with Gasteiger partial charge in [-0.2, -0.15) is 0 Å². The van der Waals surface area contributed by atoms with Crippen molar-refractivity contribution in [2.24, 2.45) is 11.7 Å². The topological polar surface area (TPSA) is 76.3 Å². The number of carbonyl (C=O) groups excluding carboxylic acids is 2. The lowest BCUT2D eigenvalue weighted by molar-refractivity contribution is -0.125. The van der Waals surface area contributed by atoms with Gasteiger partial charge in [-0.1, -0.05) is 0 Å². The van der Waals surface area contributed by atoms with Crippen LogP contribution in [0.2, 0.25) is 0 Å². The largest absolute Gasteiger partial charge is 0.369 e. The number of aromatic nitrogens is 1. The van der Waals surface area contributed by atoms with Gasteiger partial charge in [0.1, 0.15) is 15.7 Å². The zero-order valence-electron chi connectivity index (χ0n) is 11.9. The van der Waals surface area contributed by atoms with E-state index < -0.39 is 0 Å². The predicted octanol–water partition coefficient (Wildman–Crippen LogP) is 1.81. The molecule has 3 rings (SSSR count). The highest BCUT2D eigenvalue weighted by atomic mass is 32.1. The molecule has 5 nitrogen and oxygen atoms in total. The smallest absolute Gasteiger partial charge is 0.265 e. The van der Waals surface area contributed by atoms with Gasteiger partial charge < -0.3 is 10.6 Å². The van der Waals surface area contributed by atoms with E-state index in [1.165, 1.54) is 23.5 Å². The van der Waals surface area contributed by atoms with Gasteiger partial charge in [0, 0.05) is 18.7 Å². The predicted molar refractivity (Wildman–Crippen MR) is 80.8 cm³/mol. The van der Waals surface area contributed by atoms with Gasteiger partial charge in [-0.3, -0.25) is 9.59 Å². The maximum Gasteiger partial charge on any atom is 0.265 e. The number of nitrogens with two attached hydrogens (primary N) is 1. The Morgan fingerprint density at radius 1 is 1.32 bits per heavy atom. The summed E-state index contributed by atoms with van der Waals surface area (Å²) in [6.45, 7) is 2.48. The standard InChI is InChI=1S/C15H14FN3O2S/c1-8-12(15(21)19-6-10(7-19)13(17)20)22-14(18-8)9-2-4-11(16)5-3-9/h2-5,10H,6-7H2,1H3,(H2,17,20). The molecule has 2 aromatic rings. The van der Waals surface area contributed by atoms with E-state index in [1.807, 2.05) is 0 Å². The first-order valence-corrected chi connectivity index (χ1v) is 7.59. The van der Waals surface area contributed by atoms with E-state index in [9.17, 15) is 14.0 Å². The summed E-state index contributed by atoms with van der Waals surface area (Å²) in [4.78, 5) is 29.9. The Bertz CT molecular complexity index is 736. The molecule has 2 heterocycles. The fraction of sp³-hybridized carbons (Fsp3) is 0.267. The first-order chi connectivity index (χ1) is 10.5. The van der Waals surface area contributed by atoms with Crippen molar-refractivity contribution in [2.45, 2.75) is 6.92 Å². The molecule has 114 valence electrons. The molecule has 7 heteroatoms. The Balaban J connectivity index is 1.79. The number of carbonyl (C=O) groups is 2. The fourth-order valence-corrected chi connectivity index (χ4v) is 3.32. The number of halogens is 1. The lowest BCUT2D eigenvalue weighted by atomic mass is 9.99. The number of rotatable bonds is 3. The first-order valence-electron chi connectivity index (χ1n) is 6.77. The van der Waals surface area contributed by atoms with Crippen LogP contribution in [0, 0.1) is 18.7 Å². The molecule has 2 amide bonds. The molecule has 1 saturated heterocycles. The molecule has 0 spiro atoms. The number of thiazole rings is 1. The van der Waals surface area contributed by atoms with Gasteiger partial charge in [0.2, 0.25) is 5.91 Å². The molecule has 0 unspecified atom stereocenters. The third-order valence-electron chi connectivity index (χ3n) is 3.65. The van der Waals surface area contributed by atoms with E-state index in [1.54, 1.807) is 24.0 Å². The van der Waals surface area contributed by atoms with Crippen LogP contribution in [-0.2, 0) is 4.79 Å². The molecule has 1 aliphatic heterocycles. The van der Waals surface area contributed by atoms with E-state index in [0.29, 0.717) is 28.7 Å². The summed E-state index contributed by atoms with van der Waals surface area (Å²) in [5.41, 5.74) is 6.61. The Kier molecular flexibility index (Phi) is 3.66. The van der Waals surface area contributed by atoms with Crippen molar-refractivity contribution in [3.63, 3.8) is 0 Å². The van der Waals surface area contributed by atoms with Gasteiger partial charge in [0.15, 0.2) is 0 Å². The molecule has 0 bridgehead atoms. The molecular weight excluding hydrogens is 305 g/mol. The molecule has 0 aliphatic carbocycles. The molecule has 0 atom stereocenters. The van der Waals surface area contributed by atoms with Crippen molar-refractivity contribution in [1.29, 1.82) is 0 Å². The first kappa shape index (κ1) is 14.6. The van der Waals surface area contributed by atoms with Gasteiger partial charge in [0.05, 0.1) is 11.6 Å². The van der Waals surface area contributed by atoms with Crippen LogP contribution in [0.5, 0.6) is 0 Å². The molecule has 1 aromatic carbocycles. The second-order valence-corrected chi connectivity index (χ2v) is 6.25.